The van der Waals surface area contributed by atoms with E-state index in [-0.39, 0.29) is 23.9 Å². The van der Waals surface area contributed by atoms with Gasteiger partial charge in [-0.1, -0.05) is 61.4 Å². The molecular formula is C26H29N3O3S. The second kappa shape index (κ2) is 11.6. The van der Waals surface area contributed by atoms with Crippen molar-refractivity contribution in [1.29, 1.82) is 0 Å². The summed E-state index contributed by atoms with van der Waals surface area (Å²) in [5, 5.41) is 8.76. The minimum atomic E-state index is -0.201. The van der Waals surface area contributed by atoms with Gasteiger partial charge in [0.2, 0.25) is 5.91 Å². The van der Waals surface area contributed by atoms with Crippen molar-refractivity contribution in [2.45, 2.75) is 57.2 Å². The third-order valence-corrected chi connectivity index (χ3v) is 6.62. The van der Waals surface area contributed by atoms with Gasteiger partial charge in [-0.05, 0) is 37.0 Å². The van der Waals surface area contributed by atoms with Crippen molar-refractivity contribution in [2.75, 3.05) is 0 Å². The highest BCUT2D eigenvalue weighted by Crippen LogP contribution is 2.20. The van der Waals surface area contributed by atoms with Gasteiger partial charge in [-0.25, -0.2) is 4.98 Å². The van der Waals surface area contributed by atoms with Crippen molar-refractivity contribution < 1.29 is 14.3 Å². The molecule has 2 atom stereocenters. The molecule has 1 aliphatic carbocycles. The summed E-state index contributed by atoms with van der Waals surface area (Å²) < 4.78 is 5.72. The SMILES string of the molecule is O=C(CCc1ccccc1)N[C@@H]1CCCC[C@@H]1NC(=O)c1csc(COc2ccccc2)n1. The molecule has 2 amide bonds. The zero-order valence-corrected chi connectivity index (χ0v) is 19.4. The van der Waals surface area contributed by atoms with Crippen LogP contribution in [0.5, 0.6) is 5.75 Å². The van der Waals surface area contributed by atoms with Crippen LogP contribution in [0.1, 0.15) is 53.2 Å². The van der Waals surface area contributed by atoms with E-state index in [2.05, 4.69) is 15.6 Å². The maximum Gasteiger partial charge on any atom is 0.271 e. The summed E-state index contributed by atoms with van der Waals surface area (Å²) in [5.41, 5.74) is 1.54. The van der Waals surface area contributed by atoms with Gasteiger partial charge in [0, 0.05) is 23.9 Å². The molecule has 3 aromatic rings. The Balaban J connectivity index is 1.28. The van der Waals surface area contributed by atoms with Crippen LogP contribution >= 0.6 is 11.3 Å². The van der Waals surface area contributed by atoms with Crippen LogP contribution < -0.4 is 15.4 Å². The van der Waals surface area contributed by atoms with Gasteiger partial charge in [-0.3, -0.25) is 9.59 Å². The summed E-state index contributed by atoms with van der Waals surface area (Å²) in [4.78, 5) is 29.8. The van der Waals surface area contributed by atoms with Gasteiger partial charge in [-0.2, -0.15) is 0 Å². The maximum atomic E-state index is 12.8. The molecule has 7 heteroatoms. The van der Waals surface area contributed by atoms with E-state index < -0.39 is 0 Å². The lowest BCUT2D eigenvalue weighted by molar-refractivity contribution is -0.122. The van der Waals surface area contributed by atoms with E-state index >= 15 is 0 Å². The Morgan fingerprint density at radius 1 is 0.939 bits per heavy atom. The number of nitrogens with zero attached hydrogens (tertiary/aromatic N) is 1. The van der Waals surface area contributed by atoms with Crippen LogP contribution in [-0.4, -0.2) is 28.9 Å². The fourth-order valence-electron chi connectivity index (χ4n) is 4.04. The molecule has 0 saturated heterocycles. The number of para-hydroxylation sites is 1. The van der Waals surface area contributed by atoms with Crippen LogP contribution in [0.15, 0.2) is 66.0 Å². The number of benzene rings is 2. The van der Waals surface area contributed by atoms with Gasteiger partial charge < -0.3 is 15.4 Å². The predicted molar refractivity (Wildman–Crippen MR) is 129 cm³/mol. The molecule has 0 spiro atoms. The minimum Gasteiger partial charge on any atom is -0.486 e. The summed E-state index contributed by atoms with van der Waals surface area (Å²) >= 11 is 1.41. The Kier molecular flexibility index (Phi) is 8.09. The quantitative estimate of drug-likeness (QED) is 0.489. The molecule has 1 aromatic heterocycles. The molecule has 1 aliphatic rings. The van der Waals surface area contributed by atoms with E-state index in [0.717, 1.165) is 42.0 Å². The molecule has 0 aliphatic heterocycles. The van der Waals surface area contributed by atoms with Crippen LogP contribution in [0.4, 0.5) is 0 Å². The number of carbonyl (C=O) groups excluding carboxylic acids is 2. The lowest BCUT2D eigenvalue weighted by Gasteiger charge is -2.32. The van der Waals surface area contributed by atoms with E-state index in [0.29, 0.717) is 25.1 Å². The Labute approximate surface area is 198 Å². The fourth-order valence-corrected chi connectivity index (χ4v) is 4.73. The summed E-state index contributed by atoms with van der Waals surface area (Å²) in [5.74, 6) is 0.596. The van der Waals surface area contributed by atoms with Gasteiger partial charge in [0.25, 0.3) is 5.91 Å². The summed E-state index contributed by atoms with van der Waals surface area (Å²) in [6.07, 6.45) is 4.96. The Morgan fingerprint density at radius 3 is 2.33 bits per heavy atom. The van der Waals surface area contributed by atoms with Crippen LogP contribution in [0.3, 0.4) is 0 Å². The van der Waals surface area contributed by atoms with Gasteiger partial charge >= 0.3 is 0 Å². The number of ether oxygens (including phenoxy) is 1. The average molecular weight is 464 g/mol. The highest BCUT2D eigenvalue weighted by atomic mass is 32.1. The Hall–Kier alpha value is -3.19. The summed E-state index contributed by atoms with van der Waals surface area (Å²) in [6, 6.07) is 19.4. The fraction of sp³-hybridized carbons (Fsp3) is 0.346. The number of thiazole rings is 1. The van der Waals surface area contributed by atoms with E-state index in [1.54, 1.807) is 5.38 Å². The van der Waals surface area contributed by atoms with Crippen molar-refractivity contribution in [3.63, 3.8) is 0 Å². The first-order valence-electron chi connectivity index (χ1n) is 11.4. The highest BCUT2D eigenvalue weighted by molar-refractivity contribution is 7.09. The van der Waals surface area contributed by atoms with Crippen molar-refractivity contribution in [3.8, 4) is 5.75 Å². The minimum absolute atomic E-state index is 0.0269. The second-order valence-corrected chi connectivity index (χ2v) is 9.19. The van der Waals surface area contributed by atoms with Crippen LogP contribution in [0, 0.1) is 0 Å². The van der Waals surface area contributed by atoms with Crippen LogP contribution in [-0.2, 0) is 17.8 Å². The van der Waals surface area contributed by atoms with Crippen LogP contribution in [0.2, 0.25) is 0 Å². The zero-order chi connectivity index (χ0) is 22.9. The monoisotopic (exact) mass is 463 g/mol. The van der Waals surface area contributed by atoms with Gasteiger partial charge in [0.15, 0.2) is 0 Å². The van der Waals surface area contributed by atoms with E-state index in [9.17, 15) is 9.59 Å². The first-order chi connectivity index (χ1) is 16.2. The molecule has 0 bridgehead atoms. The lowest BCUT2D eigenvalue weighted by atomic mass is 9.90. The topological polar surface area (TPSA) is 80.3 Å². The Bertz CT molecular complexity index is 1040. The molecule has 33 heavy (non-hydrogen) atoms. The first kappa shape index (κ1) is 23.0. The van der Waals surface area contributed by atoms with Crippen molar-refractivity contribution in [2.24, 2.45) is 0 Å². The van der Waals surface area contributed by atoms with E-state index in [1.807, 2.05) is 60.7 Å². The highest BCUT2D eigenvalue weighted by Gasteiger charge is 2.28. The van der Waals surface area contributed by atoms with E-state index in [4.69, 9.17) is 4.74 Å². The normalized spacial score (nSPS) is 17.8. The number of rotatable bonds is 9. The average Bonchev–Trinajstić information content (AvgIpc) is 3.33. The molecule has 0 unspecified atom stereocenters. The van der Waals surface area contributed by atoms with E-state index in [1.165, 1.54) is 11.3 Å². The molecule has 6 nitrogen and oxygen atoms in total. The van der Waals surface area contributed by atoms with Crippen molar-refractivity contribution in [1.82, 2.24) is 15.6 Å². The van der Waals surface area contributed by atoms with Gasteiger partial charge in [-0.15, -0.1) is 11.3 Å². The van der Waals surface area contributed by atoms with Crippen molar-refractivity contribution in [3.05, 3.63) is 82.3 Å². The number of aromatic nitrogens is 1. The molecule has 1 saturated carbocycles. The number of carbonyl (C=O) groups is 2. The lowest BCUT2D eigenvalue weighted by Crippen LogP contribution is -2.53. The summed E-state index contributed by atoms with van der Waals surface area (Å²) in [6.45, 7) is 0.325. The standard InChI is InChI=1S/C26H29N3O3S/c30-24(16-15-19-9-3-1-4-10-19)27-21-13-7-8-14-22(21)29-26(31)23-18-33-25(28-23)17-32-20-11-5-2-6-12-20/h1-6,9-12,18,21-22H,7-8,13-17H2,(H,27,30)(H,29,31)/t21-,22+/m1/s1. The van der Waals surface area contributed by atoms with Crippen molar-refractivity contribution >= 4 is 23.2 Å². The van der Waals surface area contributed by atoms with Gasteiger partial charge in [0.05, 0.1) is 0 Å². The molecular weight excluding hydrogens is 434 g/mol. The smallest absolute Gasteiger partial charge is 0.271 e. The number of hydrogen-bond donors (Lipinski definition) is 2. The number of amides is 2. The third kappa shape index (κ3) is 6.89. The molecule has 1 heterocycles. The predicted octanol–water partition coefficient (Wildman–Crippen LogP) is 4.51. The second-order valence-electron chi connectivity index (χ2n) is 8.25. The molecule has 0 radical (unpaired) electrons. The number of hydrogen-bond acceptors (Lipinski definition) is 5. The maximum absolute atomic E-state index is 12.8. The zero-order valence-electron chi connectivity index (χ0n) is 18.5. The molecule has 1 fully saturated rings. The largest absolute Gasteiger partial charge is 0.486 e. The van der Waals surface area contributed by atoms with Crippen LogP contribution in [0.25, 0.3) is 0 Å². The first-order valence-corrected chi connectivity index (χ1v) is 12.3. The Morgan fingerprint density at radius 2 is 1.61 bits per heavy atom. The molecule has 2 N–H and O–H groups in total. The summed E-state index contributed by atoms with van der Waals surface area (Å²) in [7, 11) is 0. The molecule has 172 valence electrons. The van der Waals surface area contributed by atoms with Gasteiger partial charge in [0.1, 0.15) is 23.1 Å². The molecule has 2 aromatic carbocycles. The number of nitrogens with one attached hydrogen (secondary N) is 2. The third-order valence-electron chi connectivity index (χ3n) is 5.80. The molecule has 4 rings (SSSR count). The number of aryl methyl sites for hydroxylation is 1.